The summed E-state index contributed by atoms with van der Waals surface area (Å²) >= 11 is 5.92. The minimum Gasteiger partial charge on any atom is -0.356 e. The van der Waals surface area contributed by atoms with Crippen molar-refractivity contribution in [2.45, 2.75) is 45.4 Å². The predicted molar refractivity (Wildman–Crippen MR) is 89.5 cm³/mol. The molecule has 1 aromatic heterocycles. The first-order valence-electron chi connectivity index (χ1n) is 7.69. The maximum Gasteiger partial charge on any atom is 0.232 e. The Balaban J connectivity index is 1.71. The van der Waals surface area contributed by atoms with E-state index in [1.165, 1.54) is 0 Å². The van der Waals surface area contributed by atoms with Gasteiger partial charge in [-0.05, 0) is 24.1 Å². The number of carbonyl (C=O) groups excluding carboxylic acids is 1. The number of carbonyl (C=O) groups is 1. The topological polar surface area (TPSA) is 68.0 Å². The summed E-state index contributed by atoms with van der Waals surface area (Å²) in [6, 6.07) is 7.55. The molecule has 0 aliphatic rings. The largest absolute Gasteiger partial charge is 0.356 e. The minimum atomic E-state index is -0.161. The van der Waals surface area contributed by atoms with Gasteiger partial charge in [-0.15, -0.1) is 0 Å². The number of aryl methyl sites for hydroxylation is 1. The maximum atomic E-state index is 11.8. The average molecular weight is 336 g/mol. The van der Waals surface area contributed by atoms with Gasteiger partial charge in [0, 0.05) is 29.8 Å². The molecule has 1 amide bonds. The molecule has 0 radical (unpaired) electrons. The molecule has 23 heavy (non-hydrogen) atoms. The Kier molecular flexibility index (Phi) is 5.77. The molecular formula is C17H22ClN3O2. The highest BCUT2D eigenvalue weighted by Gasteiger charge is 2.21. The second-order valence-electron chi connectivity index (χ2n) is 6.50. The summed E-state index contributed by atoms with van der Waals surface area (Å²) in [6.45, 7) is 6.54. The van der Waals surface area contributed by atoms with E-state index >= 15 is 0 Å². The highest BCUT2D eigenvalue weighted by Crippen LogP contribution is 2.19. The van der Waals surface area contributed by atoms with Crippen molar-refractivity contribution in [1.82, 2.24) is 15.5 Å². The van der Waals surface area contributed by atoms with Gasteiger partial charge in [0.2, 0.25) is 11.8 Å². The molecule has 124 valence electrons. The third-order valence-corrected chi connectivity index (χ3v) is 3.55. The molecule has 1 N–H and O–H groups in total. The Bertz CT molecular complexity index is 662. The van der Waals surface area contributed by atoms with Crippen molar-refractivity contribution in [3.63, 3.8) is 0 Å². The number of rotatable bonds is 6. The molecule has 5 nitrogen and oxygen atoms in total. The van der Waals surface area contributed by atoms with Gasteiger partial charge in [0.15, 0.2) is 5.82 Å². The van der Waals surface area contributed by atoms with Crippen LogP contribution in [0.15, 0.2) is 28.8 Å². The first kappa shape index (κ1) is 17.5. The lowest BCUT2D eigenvalue weighted by atomic mass is 9.97. The maximum absolute atomic E-state index is 11.8. The van der Waals surface area contributed by atoms with Crippen molar-refractivity contribution >= 4 is 17.5 Å². The summed E-state index contributed by atoms with van der Waals surface area (Å²) in [7, 11) is 0. The van der Waals surface area contributed by atoms with Crippen LogP contribution >= 0.6 is 11.6 Å². The van der Waals surface area contributed by atoms with E-state index in [-0.39, 0.29) is 11.3 Å². The molecule has 0 saturated carbocycles. The van der Waals surface area contributed by atoms with Gasteiger partial charge in [0.05, 0.1) is 0 Å². The zero-order valence-corrected chi connectivity index (χ0v) is 14.5. The molecule has 6 heteroatoms. The smallest absolute Gasteiger partial charge is 0.232 e. The van der Waals surface area contributed by atoms with Crippen LogP contribution in [0.4, 0.5) is 0 Å². The van der Waals surface area contributed by atoms with Gasteiger partial charge >= 0.3 is 0 Å². The molecule has 0 bridgehead atoms. The predicted octanol–water partition coefficient (Wildman–Crippen LogP) is 3.31. The SMILES string of the molecule is CC(C)(C)c1nc(CCNC(=O)CCc2cccc(Cl)c2)no1. The second-order valence-corrected chi connectivity index (χ2v) is 6.93. The molecule has 0 aliphatic carbocycles. The minimum absolute atomic E-state index is 0.00418. The Hall–Kier alpha value is -1.88. The molecule has 0 atom stereocenters. The van der Waals surface area contributed by atoms with Crippen molar-refractivity contribution in [2.24, 2.45) is 0 Å². The zero-order chi connectivity index (χ0) is 16.9. The molecular weight excluding hydrogens is 314 g/mol. The average Bonchev–Trinajstić information content (AvgIpc) is 2.94. The van der Waals surface area contributed by atoms with Crippen LogP contribution in [-0.2, 0) is 23.1 Å². The van der Waals surface area contributed by atoms with Gasteiger partial charge in [-0.3, -0.25) is 4.79 Å². The highest BCUT2D eigenvalue weighted by atomic mass is 35.5. The van der Waals surface area contributed by atoms with Crippen molar-refractivity contribution in [3.8, 4) is 0 Å². The van der Waals surface area contributed by atoms with E-state index in [2.05, 4.69) is 15.5 Å². The number of aromatic nitrogens is 2. The summed E-state index contributed by atoms with van der Waals surface area (Å²) in [5.41, 5.74) is 0.895. The number of hydrogen-bond donors (Lipinski definition) is 1. The van der Waals surface area contributed by atoms with E-state index in [4.69, 9.17) is 16.1 Å². The van der Waals surface area contributed by atoms with Gasteiger partial charge in [-0.2, -0.15) is 4.98 Å². The fourth-order valence-corrected chi connectivity index (χ4v) is 2.23. The molecule has 2 rings (SSSR count). The van der Waals surface area contributed by atoms with Crippen LogP contribution in [-0.4, -0.2) is 22.6 Å². The normalized spacial score (nSPS) is 11.5. The number of nitrogens with one attached hydrogen (secondary N) is 1. The summed E-state index contributed by atoms with van der Waals surface area (Å²) in [4.78, 5) is 16.2. The summed E-state index contributed by atoms with van der Waals surface area (Å²) < 4.78 is 5.22. The van der Waals surface area contributed by atoms with E-state index in [0.717, 1.165) is 5.56 Å². The second kappa shape index (κ2) is 7.59. The van der Waals surface area contributed by atoms with Gasteiger partial charge in [0.25, 0.3) is 0 Å². The Morgan fingerprint density at radius 1 is 1.30 bits per heavy atom. The third-order valence-electron chi connectivity index (χ3n) is 3.31. The summed E-state index contributed by atoms with van der Waals surface area (Å²) in [5.74, 6) is 1.23. The summed E-state index contributed by atoms with van der Waals surface area (Å²) in [6.07, 6.45) is 1.66. The van der Waals surface area contributed by atoms with E-state index in [1.807, 2.05) is 45.0 Å². The van der Waals surface area contributed by atoms with Gasteiger partial charge in [0.1, 0.15) is 0 Å². The van der Waals surface area contributed by atoms with Crippen molar-refractivity contribution in [1.29, 1.82) is 0 Å². The molecule has 2 aromatic rings. The van der Waals surface area contributed by atoms with Gasteiger partial charge in [-0.25, -0.2) is 0 Å². The van der Waals surface area contributed by atoms with E-state index in [1.54, 1.807) is 0 Å². The lowest BCUT2D eigenvalue weighted by Gasteiger charge is -2.10. The van der Waals surface area contributed by atoms with Crippen LogP contribution in [0, 0.1) is 0 Å². The highest BCUT2D eigenvalue weighted by molar-refractivity contribution is 6.30. The zero-order valence-electron chi connectivity index (χ0n) is 13.7. The molecule has 0 spiro atoms. The van der Waals surface area contributed by atoms with Crippen LogP contribution in [0.5, 0.6) is 0 Å². The molecule has 1 aromatic carbocycles. The van der Waals surface area contributed by atoms with Gasteiger partial charge < -0.3 is 9.84 Å². The fraction of sp³-hybridized carbons (Fsp3) is 0.471. The lowest BCUT2D eigenvalue weighted by Crippen LogP contribution is -2.26. The first-order valence-corrected chi connectivity index (χ1v) is 8.06. The van der Waals surface area contributed by atoms with Crippen molar-refractivity contribution in [3.05, 3.63) is 46.6 Å². The number of halogens is 1. The molecule has 0 saturated heterocycles. The first-order chi connectivity index (χ1) is 10.8. The lowest BCUT2D eigenvalue weighted by molar-refractivity contribution is -0.121. The summed E-state index contributed by atoms with van der Waals surface area (Å²) in [5, 5.41) is 7.49. The number of hydrogen-bond acceptors (Lipinski definition) is 4. The number of amides is 1. The van der Waals surface area contributed by atoms with Crippen molar-refractivity contribution < 1.29 is 9.32 Å². The monoisotopic (exact) mass is 335 g/mol. The number of benzene rings is 1. The Morgan fingerprint density at radius 3 is 2.74 bits per heavy atom. The number of nitrogens with zero attached hydrogens (tertiary/aromatic N) is 2. The van der Waals surface area contributed by atoms with Crippen LogP contribution < -0.4 is 5.32 Å². The third kappa shape index (κ3) is 5.67. The van der Waals surface area contributed by atoms with Crippen molar-refractivity contribution in [2.75, 3.05) is 6.54 Å². The molecule has 0 fully saturated rings. The Morgan fingerprint density at radius 2 is 2.09 bits per heavy atom. The fourth-order valence-electron chi connectivity index (χ4n) is 2.01. The molecule has 1 heterocycles. The van der Waals surface area contributed by atoms with Crippen LogP contribution in [0.2, 0.25) is 5.02 Å². The van der Waals surface area contributed by atoms with Crippen LogP contribution in [0.3, 0.4) is 0 Å². The molecule has 0 aliphatic heterocycles. The quantitative estimate of drug-likeness (QED) is 0.879. The van der Waals surface area contributed by atoms with Crippen LogP contribution in [0.25, 0.3) is 0 Å². The van der Waals surface area contributed by atoms with E-state index in [0.29, 0.717) is 42.5 Å². The van der Waals surface area contributed by atoms with E-state index < -0.39 is 0 Å². The Labute approximate surface area is 141 Å². The van der Waals surface area contributed by atoms with E-state index in [9.17, 15) is 4.79 Å². The molecule has 0 unspecified atom stereocenters. The standard InChI is InChI=1S/C17H22ClN3O2/c1-17(2,3)16-20-14(21-23-16)9-10-19-15(22)8-7-12-5-4-6-13(18)11-12/h4-6,11H,7-10H2,1-3H3,(H,19,22). The van der Waals surface area contributed by atoms with Gasteiger partial charge in [-0.1, -0.05) is 49.7 Å². The van der Waals surface area contributed by atoms with Crippen LogP contribution in [0.1, 0.15) is 44.5 Å².